The van der Waals surface area contributed by atoms with Crippen LogP contribution in [0.2, 0.25) is 5.02 Å². The number of thiazole rings is 1. The van der Waals surface area contributed by atoms with Crippen molar-refractivity contribution in [2.75, 3.05) is 17.8 Å². The standard InChI is InChI=1S/C24H22ClN3O2S2/c1-16-13-17(25)14-21-23(16)27-24(32-21)28(15-18-5-3-4-11-26-18)22(29)10-12-31-20-8-6-19(30-2)7-9-20/h3-9,11,13-14H,10,12,15H2,1-2H3. The van der Waals surface area contributed by atoms with Crippen LogP contribution in [0.5, 0.6) is 5.75 Å². The molecule has 0 saturated heterocycles. The van der Waals surface area contributed by atoms with Gasteiger partial charge in [0.2, 0.25) is 5.91 Å². The number of carbonyl (C=O) groups excluding carboxylic acids is 1. The number of carbonyl (C=O) groups is 1. The largest absolute Gasteiger partial charge is 0.497 e. The van der Waals surface area contributed by atoms with E-state index in [-0.39, 0.29) is 5.91 Å². The smallest absolute Gasteiger partial charge is 0.229 e. The monoisotopic (exact) mass is 483 g/mol. The van der Waals surface area contributed by atoms with Gasteiger partial charge in [0.15, 0.2) is 5.13 Å². The van der Waals surface area contributed by atoms with E-state index < -0.39 is 0 Å². The van der Waals surface area contributed by atoms with Crippen molar-refractivity contribution in [1.82, 2.24) is 9.97 Å². The number of benzene rings is 2. The summed E-state index contributed by atoms with van der Waals surface area (Å²) < 4.78 is 6.17. The number of amides is 1. The van der Waals surface area contributed by atoms with Crippen LogP contribution in [0.15, 0.2) is 65.7 Å². The summed E-state index contributed by atoms with van der Waals surface area (Å²) in [7, 11) is 1.65. The summed E-state index contributed by atoms with van der Waals surface area (Å²) in [5.41, 5.74) is 2.69. The number of aryl methyl sites for hydroxylation is 1. The lowest BCUT2D eigenvalue weighted by molar-refractivity contribution is -0.118. The Hall–Kier alpha value is -2.61. The topological polar surface area (TPSA) is 55.3 Å². The van der Waals surface area contributed by atoms with Crippen LogP contribution in [0.3, 0.4) is 0 Å². The Balaban J connectivity index is 1.53. The number of aromatic nitrogens is 2. The maximum absolute atomic E-state index is 13.3. The molecule has 4 aromatic rings. The highest BCUT2D eigenvalue weighted by atomic mass is 35.5. The van der Waals surface area contributed by atoms with Crippen molar-refractivity contribution in [1.29, 1.82) is 0 Å². The second-order valence-corrected chi connectivity index (χ2v) is 9.75. The van der Waals surface area contributed by atoms with Crippen LogP contribution in [0.4, 0.5) is 5.13 Å². The molecule has 164 valence electrons. The fraction of sp³-hybridized carbons (Fsp3) is 0.208. The van der Waals surface area contributed by atoms with E-state index in [0.717, 1.165) is 32.1 Å². The van der Waals surface area contributed by atoms with E-state index in [0.29, 0.717) is 28.9 Å². The molecule has 0 aliphatic rings. The van der Waals surface area contributed by atoms with Crippen molar-refractivity contribution in [2.45, 2.75) is 24.8 Å². The van der Waals surface area contributed by atoms with E-state index in [1.807, 2.05) is 61.5 Å². The summed E-state index contributed by atoms with van der Waals surface area (Å²) in [5.74, 6) is 1.50. The molecule has 2 aromatic carbocycles. The number of fused-ring (bicyclic) bond motifs is 1. The number of rotatable bonds is 8. The third-order valence-corrected chi connectivity index (χ3v) is 7.12. The Kier molecular flexibility index (Phi) is 7.29. The molecule has 0 saturated carbocycles. The van der Waals surface area contributed by atoms with Crippen molar-refractivity contribution in [3.05, 3.63) is 77.1 Å². The number of pyridine rings is 1. The third-order valence-electron chi connectivity index (χ3n) is 4.86. The van der Waals surface area contributed by atoms with E-state index >= 15 is 0 Å². The van der Waals surface area contributed by atoms with Gasteiger partial charge in [0.05, 0.1) is 29.6 Å². The number of ether oxygens (including phenoxy) is 1. The molecule has 0 spiro atoms. The molecule has 2 aromatic heterocycles. The summed E-state index contributed by atoms with van der Waals surface area (Å²) in [5, 5.41) is 1.33. The Labute approximate surface area is 200 Å². The Bertz CT molecular complexity index is 1210. The highest BCUT2D eigenvalue weighted by Crippen LogP contribution is 2.34. The van der Waals surface area contributed by atoms with Crippen LogP contribution in [0.25, 0.3) is 10.2 Å². The van der Waals surface area contributed by atoms with Crippen molar-refractivity contribution in [2.24, 2.45) is 0 Å². The molecule has 0 radical (unpaired) electrons. The normalized spacial score (nSPS) is 11.0. The number of hydrogen-bond donors (Lipinski definition) is 0. The molecule has 0 atom stereocenters. The fourth-order valence-corrected chi connectivity index (χ4v) is 5.52. The van der Waals surface area contributed by atoms with E-state index in [9.17, 15) is 4.79 Å². The maximum Gasteiger partial charge on any atom is 0.229 e. The molecule has 0 fully saturated rings. The van der Waals surface area contributed by atoms with Crippen molar-refractivity contribution in [3.63, 3.8) is 0 Å². The first-order chi connectivity index (χ1) is 15.5. The van der Waals surface area contributed by atoms with Crippen LogP contribution in [0.1, 0.15) is 17.7 Å². The lowest BCUT2D eigenvalue weighted by atomic mass is 10.2. The second-order valence-electron chi connectivity index (χ2n) is 7.14. The van der Waals surface area contributed by atoms with E-state index in [2.05, 4.69) is 4.98 Å². The minimum absolute atomic E-state index is 0.0134. The van der Waals surface area contributed by atoms with Crippen LogP contribution in [-0.4, -0.2) is 28.7 Å². The Morgan fingerprint density at radius 3 is 2.72 bits per heavy atom. The van der Waals surface area contributed by atoms with Gasteiger partial charge in [-0.25, -0.2) is 4.98 Å². The molecule has 8 heteroatoms. The minimum Gasteiger partial charge on any atom is -0.497 e. The molecule has 0 aliphatic carbocycles. The van der Waals surface area contributed by atoms with Crippen LogP contribution in [-0.2, 0) is 11.3 Å². The van der Waals surface area contributed by atoms with Gasteiger partial charge in [0, 0.05) is 28.3 Å². The predicted molar refractivity (Wildman–Crippen MR) is 133 cm³/mol. The number of methoxy groups -OCH3 is 1. The van der Waals surface area contributed by atoms with Gasteiger partial charge in [-0.2, -0.15) is 0 Å². The zero-order valence-electron chi connectivity index (χ0n) is 17.7. The summed E-state index contributed by atoms with van der Waals surface area (Å²) >= 11 is 9.35. The maximum atomic E-state index is 13.3. The molecule has 0 bridgehead atoms. The molecule has 4 rings (SSSR count). The number of halogens is 1. The Morgan fingerprint density at radius 2 is 2.00 bits per heavy atom. The first kappa shape index (κ1) is 22.6. The number of thioether (sulfide) groups is 1. The van der Waals surface area contributed by atoms with E-state index in [1.54, 1.807) is 30.0 Å². The van der Waals surface area contributed by atoms with Crippen LogP contribution < -0.4 is 9.64 Å². The molecular weight excluding hydrogens is 462 g/mol. The molecule has 32 heavy (non-hydrogen) atoms. The van der Waals surface area contributed by atoms with Gasteiger partial charge in [0.25, 0.3) is 0 Å². The van der Waals surface area contributed by atoms with Gasteiger partial charge in [-0.15, -0.1) is 11.8 Å². The molecule has 5 nitrogen and oxygen atoms in total. The second kappa shape index (κ2) is 10.3. The predicted octanol–water partition coefficient (Wildman–Crippen LogP) is 6.38. The lowest BCUT2D eigenvalue weighted by Gasteiger charge is -2.19. The van der Waals surface area contributed by atoms with Gasteiger partial charge < -0.3 is 4.74 Å². The first-order valence-corrected chi connectivity index (χ1v) is 12.3. The van der Waals surface area contributed by atoms with Crippen molar-refractivity contribution < 1.29 is 9.53 Å². The average molecular weight is 484 g/mol. The van der Waals surface area contributed by atoms with Crippen LogP contribution >= 0.6 is 34.7 Å². The molecule has 0 aliphatic heterocycles. The lowest BCUT2D eigenvalue weighted by Crippen LogP contribution is -2.30. The molecular formula is C24H22ClN3O2S2. The minimum atomic E-state index is 0.0134. The van der Waals surface area contributed by atoms with Gasteiger partial charge in [-0.05, 0) is 61.0 Å². The fourth-order valence-electron chi connectivity index (χ4n) is 3.24. The Morgan fingerprint density at radius 1 is 1.19 bits per heavy atom. The number of nitrogens with zero attached hydrogens (tertiary/aromatic N) is 3. The number of anilines is 1. The summed E-state index contributed by atoms with van der Waals surface area (Å²) in [6.45, 7) is 2.35. The molecule has 1 amide bonds. The van der Waals surface area contributed by atoms with Gasteiger partial charge >= 0.3 is 0 Å². The van der Waals surface area contributed by atoms with Gasteiger partial charge in [-0.1, -0.05) is 29.0 Å². The zero-order valence-corrected chi connectivity index (χ0v) is 20.1. The zero-order chi connectivity index (χ0) is 22.5. The molecule has 0 unspecified atom stereocenters. The van der Waals surface area contributed by atoms with Crippen LogP contribution in [0, 0.1) is 6.92 Å². The third kappa shape index (κ3) is 5.41. The first-order valence-electron chi connectivity index (χ1n) is 10.1. The molecule has 2 heterocycles. The van der Waals surface area contributed by atoms with Gasteiger partial charge in [0.1, 0.15) is 5.75 Å². The average Bonchev–Trinajstić information content (AvgIpc) is 3.22. The summed E-state index contributed by atoms with van der Waals surface area (Å²) in [6.07, 6.45) is 2.12. The number of hydrogen-bond acceptors (Lipinski definition) is 6. The van der Waals surface area contributed by atoms with Gasteiger partial charge in [-0.3, -0.25) is 14.7 Å². The summed E-state index contributed by atoms with van der Waals surface area (Å²) in [6, 6.07) is 17.3. The van der Waals surface area contributed by atoms with E-state index in [4.69, 9.17) is 21.3 Å². The SMILES string of the molecule is COc1ccc(SCCC(=O)N(Cc2ccccn2)c2nc3c(C)cc(Cl)cc3s2)cc1. The van der Waals surface area contributed by atoms with Crippen molar-refractivity contribution >= 4 is 56.0 Å². The van der Waals surface area contributed by atoms with E-state index in [1.165, 1.54) is 11.3 Å². The highest BCUT2D eigenvalue weighted by molar-refractivity contribution is 7.99. The van der Waals surface area contributed by atoms with Crippen molar-refractivity contribution in [3.8, 4) is 5.75 Å². The quantitative estimate of drug-likeness (QED) is 0.272. The molecule has 0 N–H and O–H groups in total. The highest BCUT2D eigenvalue weighted by Gasteiger charge is 2.21. The summed E-state index contributed by atoms with van der Waals surface area (Å²) in [4.78, 5) is 25.3.